The molecule has 0 amide bonds. The van der Waals surface area contributed by atoms with Gasteiger partial charge in [-0.2, -0.15) is 11.8 Å². The van der Waals surface area contributed by atoms with Gasteiger partial charge in [-0.3, -0.25) is 0 Å². The quantitative estimate of drug-likeness (QED) is 0.839. The van der Waals surface area contributed by atoms with Gasteiger partial charge in [0, 0.05) is 6.54 Å². The van der Waals surface area contributed by atoms with E-state index in [1.165, 1.54) is 29.1 Å². The van der Waals surface area contributed by atoms with Gasteiger partial charge in [-0.05, 0) is 41.5 Å². The van der Waals surface area contributed by atoms with Crippen molar-refractivity contribution < 1.29 is 0 Å². The Hall–Kier alpha value is -0.730. The smallest absolute Gasteiger partial charge is 0.0205 e. The summed E-state index contributed by atoms with van der Waals surface area (Å²) >= 11 is 2.07. The SMILES string of the molecule is C=C(CNCC1CCSC1)c1ccccc1. The predicted molar refractivity (Wildman–Crippen MR) is 73.8 cm³/mol. The molecule has 86 valence electrons. The van der Waals surface area contributed by atoms with E-state index in [-0.39, 0.29) is 0 Å². The van der Waals surface area contributed by atoms with Crippen molar-refractivity contribution in [3.05, 3.63) is 42.5 Å². The van der Waals surface area contributed by atoms with Crippen molar-refractivity contribution in [1.82, 2.24) is 5.32 Å². The fourth-order valence-corrected chi connectivity index (χ4v) is 3.23. The molecule has 16 heavy (non-hydrogen) atoms. The fraction of sp³-hybridized carbons (Fsp3) is 0.429. The van der Waals surface area contributed by atoms with Crippen molar-refractivity contribution in [2.45, 2.75) is 6.42 Å². The second kappa shape index (κ2) is 6.12. The minimum atomic E-state index is 0.869. The molecule has 1 aliphatic rings. The molecule has 0 radical (unpaired) electrons. The molecule has 1 aromatic rings. The molecule has 0 saturated carbocycles. The van der Waals surface area contributed by atoms with Gasteiger partial charge >= 0.3 is 0 Å². The molecule has 2 rings (SSSR count). The van der Waals surface area contributed by atoms with Crippen LogP contribution in [0.25, 0.3) is 5.57 Å². The maximum Gasteiger partial charge on any atom is 0.0205 e. The average Bonchev–Trinajstić information content (AvgIpc) is 2.83. The van der Waals surface area contributed by atoms with E-state index in [1.807, 2.05) is 6.07 Å². The van der Waals surface area contributed by atoms with Gasteiger partial charge in [-0.25, -0.2) is 0 Å². The molecule has 0 aromatic heterocycles. The third-order valence-electron chi connectivity index (χ3n) is 2.98. The summed E-state index contributed by atoms with van der Waals surface area (Å²) in [6, 6.07) is 10.4. The number of hydrogen-bond acceptors (Lipinski definition) is 2. The van der Waals surface area contributed by atoms with Crippen LogP contribution in [0.3, 0.4) is 0 Å². The highest BCUT2D eigenvalue weighted by molar-refractivity contribution is 7.99. The molecule has 1 unspecified atom stereocenters. The zero-order chi connectivity index (χ0) is 11.2. The molecule has 1 aliphatic heterocycles. The summed E-state index contributed by atoms with van der Waals surface area (Å²) in [5.41, 5.74) is 2.43. The van der Waals surface area contributed by atoms with Crippen LogP contribution in [0.1, 0.15) is 12.0 Å². The lowest BCUT2D eigenvalue weighted by molar-refractivity contribution is 0.545. The van der Waals surface area contributed by atoms with Crippen LogP contribution in [0.4, 0.5) is 0 Å². The Bertz CT molecular complexity index is 328. The zero-order valence-corrected chi connectivity index (χ0v) is 10.4. The highest BCUT2D eigenvalue weighted by Crippen LogP contribution is 2.22. The summed E-state index contributed by atoms with van der Waals surface area (Å²) < 4.78 is 0. The predicted octanol–water partition coefficient (Wildman–Crippen LogP) is 3.04. The summed E-state index contributed by atoms with van der Waals surface area (Å²) in [7, 11) is 0. The lowest BCUT2D eigenvalue weighted by Crippen LogP contribution is -2.24. The van der Waals surface area contributed by atoms with E-state index < -0.39 is 0 Å². The summed E-state index contributed by atoms with van der Waals surface area (Å²) in [6.07, 6.45) is 1.37. The van der Waals surface area contributed by atoms with Crippen LogP contribution in [0.15, 0.2) is 36.9 Å². The third kappa shape index (κ3) is 3.39. The van der Waals surface area contributed by atoms with E-state index in [9.17, 15) is 0 Å². The largest absolute Gasteiger partial charge is 0.312 e. The van der Waals surface area contributed by atoms with E-state index in [1.54, 1.807) is 0 Å². The van der Waals surface area contributed by atoms with Crippen LogP contribution in [-0.4, -0.2) is 24.6 Å². The van der Waals surface area contributed by atoms with Crippen LogP contribution >= 0.6 is 11.8 Å². The lowest BCUT2D eigenvalue weighted by Gasteiger charge is -2.11. The molecular formula is C14H19NS. The van der Waals surface area contributed by atoms with Gasteiger partial charge in [-0.1, -0.05) is 36.9 Å². The highest BCUT2D eigenvalue weighted by atomic mass is 32.2. The molecule has 1 aromatic carbocycles. The Labute approximate surface area is 102 Å². The number of nitrogens with one attached hydrogen (secondary N) is 1. The molecular weight excluding hydrogens is 214 g/mol. The van der Waals surface area contributed by atoms with Crippen LogP contribution in [0, 0.1) is 5.92 Å². The van der Waals surface area contributed by atoms with E-state index >= 15 is 0 Å². The molecule has 0 bridgehead atoms. The number of hydrogen-bond donors (Lipinski definition) is 1. The van der Waals surface area contributed by atoms with Crippen LogP contribution in [0.5, 0.6) is 0 Å². The molecule has 2 heteroatoms. The van der Waals surface area contributed by atoms with Crippen molar-refractivity contribution in [1.29, 1.82) is 0 Å². The summed E-state index contributed by atoms with van der Waals surface area (Å²) in [5.74, 6) is 3.53. The maximum absolute atomic E-state index is 4.12. The van der Waals surface area contributed by atoms with E-state index in [0.29, 0.717) is 0 Å². The van der Waals surface area contributed by atoms with Gasteiger partial charge < -0.3 is 5.32 Å². The average molecular weight is 233 g/mol. The number of rotatable bonds is 5. The molecule has 1 heterocycles. The standard InChI is InChI=1S/C14H19NS/c1-12(14-5-3-2-4-6-14)9-15-10-13-7-8-16-11-13/h2-6,13,15H,1,7-11H2. The van der Waals surface area contributed by atoms with Gasteiger partial charge in [0.25, 0.3) is 0 Å². The molecule has 0 aliphatic carbocycles. The molecule has 1 nitrogen and oxygen atoms in total. The molecule has 0 spiro atoms. The first kappa shape index (κ1) is 11.7. The van der Waals surface area contributed by atoms with Crippen molar-refractivity contribution in [2.75, 3.05) is 24.6 Å². The van der Waals surface area contributed by atoms with Gasteiger partial charge in [0.05, 0.1) is 0 Å². The normalized spacial score (nSPS) is 19.9. The summed E-state index contributed by atoms with van der Waals surface area (Å²) in [5, 5.41) is 3.51. The minimum Gasteiger partial charge on any atom is -0.312 e. The third-order valence-corrected chi connectivity index (χ3v) is 4.21. The second-order valence-electron chi connectivity index (χ2n) is 4.33. The molecule has 1 N–H and O–H groups in total. The Morgan fingerprint density at radius 3 is 2.88 bits per heavy atom. The van der Waals surface area contributed by atoms with E-state index in [4.69, 9.17) is 0 Å². The minimum absolute atomic E-state index is 0.869. The Kier molecular flexibility index (Phi) is 4.49. The topological polar surface area (TPSA) is 12.0 Å². The Morgan fingerprint density at radius 1 is 1.38 bits per heavy atom. The first-order valence-electron chi connectivity index (χ1n) is 5.88. The summed E-state index contributed by atoms with van der Waals surface area (Å²) in [6.45, 7) is 6.17. The van der Waals surface area contributed by atoms with Gasteiger partial charge in [0.2, 0.25) is 0 Å². The van der Waals surface area contributed by atoms with Gasteiger partial charge in [-0.15, -0.1) is 0 Å². The molecule has 1 fully saturated rings. The van der Waals surface area contributed by atoms with Crippen molar-refractivity contribution in [3.63, 3.8) is 0 Å². The van der Waals surface area contributed by atoms with Crippen LogP contribution < -0.4 is 5.32 Å². The molecule has 1 atom stereocenters. The van der Waals surface area contributed by atoms with E-state index in [0.717, 1.165) is 19.0 Å². The monoisotopic (exact) mass is 233 g/mol. The second-order valence-corrected chi connectivity index (χ2v) is 5.48. The van der Waals surface area contributed by atoms with Crippen LogP contribution in [-0.2, 0) is 0 Å². The van der Waals surface area contributed by atoms with Gasteiger partial charge in [0.1, 0.15) is 0 Å². The Morgan fingerprint density at radius 2 is 2.19 bits per heavy atom. The van der Waals surface area contributed by atoms with Gasteiger partial charge in [0.15, 0.2) is 0 Å². The Balaban J connectivity index is 1.71. The fourth-order valence-electron chi connectivity index (χ4n) is 1.95. The lowest BCUT2D eigenvalue weighted by atomic mass is 10.1. The first-order chi connectivity index (χ1) is 7.86. The highest BCUT2D eigenvalue weighted by Gasteiger charge is 2.14. The first-order valence-corrected chi connectivity index (χ1v) is 7.03. The number of benzene rings is 1. The van der Waals surface area contributed by atoms with Crippen molar-refractivity contribution in [2.24, 2.45) is 5.92 Å². The maximum atomic E-state index is 4.12. The van der Waals surface area contributed by atoms with Crippen molar-refractivity contribution in [3.8, 4) is 0 Å². The van der Waals surface area contributed by atoms with Crippen molar-refractivity contribution >= 4 is 17.3 Å². The van der Waals surface area contributed by atoms with E-state index in [2.05, 4.69) is 47.9 Å². The summed E-state index contributed by atoms with van der Waals surface area (Å²) in [4.78, 5) is 0. The number of thioether (sulfide) groups is 1. The van der Waals surface area contributed by atoms with Crippen LogP contribution in [0.2, 0.25) is 0 Å². The molecule has 1 saturated heterocycles. The zero-order valence-electron chi connectivity index (χ0n) is 9.61.